The molecule has 2 rings (SSSR count). The van der Waals surface area contributed by atoms with Gasteiger partial charge in [-0.25, -0.2) is 0 Å². The lowest BCUT2D eigenvalue weighted by Gasteiger charge is -2.19. The highest BCUT2D eigenvalue weighted by Gasteiger charge is 2.22. The topological polar surface area (TPSA) is 46.5 Å². The maximum Gasteiger partial charge on any atom is 0.314 e. The Bertz CT molecular complexity index is 546. The quantitative estimate of drug-likeness (QED) is 0.356. The molecule has 0 heterocycles. The molecule has 0 radical (unpaired) electrons. The molecule has 0 bridgehead atoms. The van der Waals surface area contributed by atoms with Crippen LogP contribution in [0.25, 0.3) is 0 Å². The molecule has 0 aliphatic heterocycles. The van der Waals surface area contributed by atoms with Crippen LogP contribution in [0.5, 0.6) is 11.5 Å². The zero-order chi connectivity index (χ0) is 15.9. The van der Waals surface area contributed by atoms with Crippen molar-refractivity contribution in [2.75, 3.05) is 0 Å². The summed E-state index contributed by atoms with van der Waals surface area (Å²) >= 11 is 0. The van der Waals surface area contributed by atoms with Crippen molar-refractivity contribution in [2.24, 2.45) is 5.92 Å². The smallest absolute Gasteiger partial charge is 0.314 e. The summed E-state index contributed by atoms with van der Waals surface area (Å²) in [4.78, 5) is 12.2. The first kappa shape index (κ1) is 16.6. The number of unbranched alkanes of at least 4 members (excludes halogenated alkanes) is 2. The average Bonchev–Trinajstić information content (AvgIpc) is 2.47. The van der Waals surface area contributed by atoms with Crippen LogP contribution in [0.1, 0.15) is 57.9 Å². The van der Waals surface area contributed by atoms with E-state index < -0.39 is 0 Å². The van der Waals surface area contributed by atoms with Crippen molar-refractivity contribution in [1.82, 2.24) is 0 Å². The van der Waals surface area contributed by atoms with Crippen molar-refractivity contribution >= 4 is 5.97 Å². The first-order valence-corrected chi connectivity index (χ1v) is 8.28. The highest BCUT2D eigenvalue weighted by Crippen LogP contribution is 2.27. The summed E-state index contributed by atoms with van der Waals surface area (Å²) < 4.78 is 5.49. The third kappa shape index (κ3) is 4.90. The van der Waals surface area contributed by atoms with Gasteiger partial charge >= 0.3 is 5.97 Å². The fourth-order valence-electron chi connectivity index (χ4n) is 2.80. The third-order valence-corrected chi connectivity index (χ3v) is 4.21. The minimum atomic E-state index is -0.186. The van der Waals surface area contributed by atoms with Gasteiger partial charge in [0.1, 0.15) is 11.5 Å². The Morgan fingerprint density at radius 2 is 2.14 bits per heavy atom. The van der Waals surface area contributed by atoms with Crippen LogP contribution in [0.2, 0.25) is 0 Å². The van der Waals surface area contributed by atoms with Gasteiger partial charge in [0.25, 0.3) is 0 Å². The summed E-state index contributed by atoms with van der Waals surface area (Å²) in [6.45, 7) is 4.26. The van der Waals surface area contributed by atoms with E-state index in [2.05, 4.69) is 19.9 Å². The van der Waals surface area contributed by atoms with Gasteiger partial charge in [-0.05, 0) is 56.7 Å². The molecule has 1 N–H and O–H groups in total. The monoisotopic (exact) mass is 302 g/mol. The van der Waals surface area contributed by atoms with Crippen molar-refractivity contribution in [3.63, 3.8) is 0 Å². The number of benzene rings is 1. The molecule has 0 spiro atoms. The molecule has 1 unspecified atom stereocenters. The van der Waals surface area contributed by atoms with Gasteiger partial charge in [0.05, 0.1) is 5.92 Å². The number of hydrogen-bond donors (Lipinski definition) is 1. The summed E-state index contributed by atoms with van der Waals surface area (Å²) in [6.07, 6.45) is 9.00. The Labute approximate surface area is 133 Å². The Balaban J connectivity index is 1.98. The summed E-state index contributed by atoms with van der Waals surface area (Å²) in [5, 5.41) is 9.81. The molecule has 1 atom stereocenters. The normalized spacial score (nSPS) is 17.9. The lowest BCUT2D eigenvalue weighted by Crippen LogP contribution is -2.22. The van der Waals surface area contributed by atoms with Gasteiger partial charge in [-0.1, -0.05) is 31.4 Å². The molecule has 0 aromatic heterocycles. The number of carbonyl (C=O) groups excluding carboxylic acids is 1. The molecule has 1 aromatic rings. The molecule has 0 saturated carbocycles. The molecule has 3 heteroatoms. The van der Waals surface area contributed by atoms with Crippen LogP contribution < -0.4 is 4.74 Å². The number of esters is 1. The predicted octanol–water partition coefficient (Wildman–Crippen LogP) is 4.78. The van der Waals surface area contributed by atoms with E-state index in [-0.39, 0.29) is 17.6 Å². The van der Waals surface area contributed by atoms with Crippen LogP contribution in [-0.2, 0) is 11.2 Å². The summed E-state index contributed by atoms with van der Waals surface area (Å²) in [5.74, 6) is 0.377. The Kier molecular flexibility index (Phi) is 6.05. The van der Waals surface area contributed by atoms with Gasteiger partial charge in [-0.15, -0.1) is 0 Å². The molecule has 3 nitrogen and oxygen atoms in total. The molecular formula is C19H26O3. The molecule has 120 valence electrons. The van der Waals surface area contributed by atoms with Gasteiger partial charge in [0.15, 0.2) is 0 Å². The van der Waals surface area contributed by atoms with Crippen molar-refractivity contribution in [2.45, 2.75) is 58.8 Å². The lowest BCUT2D eigenvalue weighted by atomic mass is 9.90. The van der Waals surface area contributed by atoms with E-state index in [1.165, 1.54) is 18.1 Å². The van der Waals surface area contributed by atoms with Crippen LogP contribution in [0, 0.1) is 5.92 Å². The van der Waals surface area contributed by atoms with Crippen LogP contribution in [0.15, 0.2) is 29.8 Å². The Morgan fingerprint density at radius 1 is 1.32 bits per heavy atom. The maximum atomic E-state index is 12.2. The Morgan fingerprint density at radius 3 is 2.82 bits per heavy atom. The zero-order valence-corrected chi connectivity index (χ0v) is 13.6. The SMILES string of the molecule is CCCCCc1cc(O)cc(OC(=O)C2CC=C(C)CC2)c1. The number of ether oxygens (including phenoxy) is 1. The molecule has 0 fully saturated rings. The van der Waals surface area contributed by atoms with E-state index in [0.29, 0.717) is 5.75 Å². The molecule has 1 aliphatic carbocycles. The van der Waals surface area contributed by atoms with E-state index >= 15 is 0 Å². The van der Waals surface area contributed by atoms with E-state index in [0.717, 1.165) is 44.1 Å². The van der Waals surface area contributed by atoms with E-state index in [9.17, 15) is 9.90 Å². The number of phenols is 1. The summed E-state index contributed by atoms with van der Waals surface area (Å²) in [7, 11) is 0. The van der Waals surface area contributed by atoms with Crippen molar-refractivity contribution < 1.29 is 14.6 Å². The maximum absolute atomic E-state index is 12.2. The zero-order valence-electron chi connectivity index (χ0n) is 13.6. The van der Waals surface area contributed by atoms with Gasteiger partial charge in [0.2, 0.25) is 0 Å². The lowest BCUT2D eigenvalue weighted by molar-refractivity contribution is -0.139. The van der Waals surface area contributed by atoms with Crippen molar-refractivity contribution in [3.8, 4) is 11.5 Å². The van der Waals surface area contributed by atoms with Gasteiger partial charge in [0, 0.05) is 6.07 Å². The first-order chi connectivity index (χ1) is 10.6. The minimum Gasteiger partial charge on any atom is -0.508 e. The molecule has 0 amide bonds. The van der Waals surface area contributed by atoms with E-state index in [4.69, 9.17) is 4.74 Å². The van der Waals surface area contributed by atoms with Crippen LogP contribution in [-0.4, -0.2) is 11.1 Å². The highest BCUT2D eigenvalue weighted by molar-refractivity contribution is 5.75. The minimum absolute atomic E-state index is 0.0606. The number of hydrogen-bond acceptors (Lipinski definition) is 3. The number of aromatic hydroxyl groups is 1. The van der Waals surface area contributed by atoms with E-state index in [1.54, 1.807) is 6.07 Å². The molecule has 0 saturated heterocycles. The van der Waals surface area contributed by atoms with Crippen LogP contribution >= 0.6 is 0 Å². The molecular weight excluding hydrogens is 276 g/mol. The van der Waals surface area contributed by atoms with Gasteiger partial charge in [-0.3, -0.25) is 4.79 Å². The first-order valence-electron chi connectivity index (χ1n) is 8.28. The largest absolute Gasteiger partial charge is 0.508 e. The fourth-order valence-corrected chi connectivity index (χ4v) is 2.80. The number of aryl methyl sites for hydroxylation is 1. The third-order valence-electron chi connectivity index (χ3n) is 4.21. The molecule has 22 heavy (non-hydrogen) atoms. The number of carbonyl (C=O) groups is 1. The predicted molar refractivity (Wildman–Crippen MR) is 88.1 cm³/mol. The second-order valence-electron chi connectivity index (χ2n) is 6.24. The number of phenolic OH excluding ortho intramolecular Hbond substituents is 1. The van der Waals surface area contributed by atoms with Crippen molar-refractivity contribution in [3.05, 3.63) is 35.4 Å². The number of allylic oxidation sites excluding steroid dienone is 2. The average molecular weight is 302 g/mol. The fraction of sp³-hybridized carbons (Fsp3) is 0.526. The Hall–Kier alpha value is -1.77. The summed E-state index contributed by atoms with van der Waals surface area (Å²) in [5.41, 5.74) is 2.37. The second kappa shape index (κ2) is 8.02. The highest BCUT2D eigenvalue weighted by atomic mass is 16.5. The molecule has 1 aliphatic rings. The summed E-state index contributed by atoms with van der Waals surface area (Å²) in [6, 6.07) is 5.14. The van der Waals surface area contributed by atoms with Gasteiger partial charge in [-0.2, -0.15) is 0 Å². The van der Waals surface area contributed by atoms with Crippen LogP contribution in [0.3, 0.4) is 0 Å². The van der Waals surface area contributed by atoms with E-state index in [1.807, 2.05) is 6.07 Å². The van der Waals surface area contributed by atoms with Crippen LogP contribution in [0.4, 0.5) is 0 Å². The van der Waals surface area contributed by atoms with Crippen molar-refractivity contribution in [1.29, 1.82) is 0 Å². The second-order valence-corrected chi connectivity index (χ2v) is 6.24. The molecule has 1 aromatic carbocycles. The van der Waals surface area contributed by atoms with Gasteiger partial charge < -0.3 is 9.84 Å². The number of rotatable bonds is 6. The standard InChI is InChI=1S/C19H26O3/c1-3-4-5-6-15-11-17(20)13-18(12-15)22-19(21)16-9-7-14(2)8-10-16/h7,11-13,16,20H,3-6,8-10H2,1-2H3.